The number of nitrogens with zero attached hydrogens (tertiary/aromatic N) is 1. The van der Waals surface area contributed by atoms with Crippen molar-refractivity contribution in [1.82, 2.24) is 0 Å². The van der Waals surface area contributed by atoms with Crippen LogP contribution in [-0.4, -0.2) is 20.7 Å². The number of hydrogen-bond acceptors (Lipinski definition) is 2. The van der Waals surface area contributed by atoms with Crippen LogP contribution >= 0.6 is 0 Å². The van der Waals surface area contributed by atoms with Crippen LogP contribution in [0.4, 0.5) is 11.4 Å². The van der Waals surface area contributed by atoms with Gasteiger partial charge in [0, 0.05) is 11.4 Å². The summed E-state index contributed by atoms with van der Waals surface area (Å²) < 4.78 is 6.38. The zero-order valence-electron chi connectivity index (χ0n) is 13.2. The van der Waals surface area contributed by atoms with E-state index in [0.29, 0.717) is 0 Å². The van der Waals surface area contributed by atoms with Gasteiger partial charge in [-0.05, 0) is 31.2 Å². The van der Waals surface area contributed by atoms with Crippen molar-refractivity contribution in [3.05, 3.63) is 60.7 Å². The summed E-state index contributed by atoms with van der Waals surface area (Å²) >= 11 is -1.09. The summed E-state index contributed by atoms with van der Waals surface area (Å²) in [4.78, 5) is 2.28. The molecular weight excluding hydrogens is 273 g/mol. The number of rotatable bonds is 7. The van der Waals surface area contributed by atoms with Gasteiger partial charge in [0.25, 0.3) is 0 Å². The predicted octanol–water partition coefficient (Wildman–Crippen LogP) is 5.22. The summed E-state index contributed by atoms with van der Waals surface area (Å²) in [6, 6.07) is 21.0. The molecule has 0 N–H and O–H groups in total. The summed E-state index contributed by atoms with van der Waals surface area (Å²) in [5, 5.41) is 2.36. The average molecular weight is 297 g/mol. The number of para-hydroxylation sites is 2. The van der Waals surface area contributed by atoms with Gasteiger partial charge >= 0.3 is 14.5 Å². The molecular formula is C18H24AlNO. The SMILES string of the molecule is C[CH2][Al]([CH2]C)[O]C(C)N(c1ccccc1)c1ccccc1. The van der Waals surface area contributed by atoms with E-state index < -0.39 is 14.5 Å². The molecule has 110 valence electrons. The lowest BCUT2D eigenvalue weighted by atomic mass is 10.2. The van der Waals surface area contributed by atoms with Crippen LogP contribution in [-0.2, 0) is 3.79 Å². The molecule has 21 heavy (non-hydrogen) atoms. The molecule has 0 heterocycles. The third-order valence-electron chi connectivity index (χ3n) is 3.73. The first-order valence-corrected chi connectivity index (χ1v) is 9.91. The highest BCUT2D eigenvalue weighted by atomic mass is 27.2. The zero-order chi connectivity index (χ0) is 15.1. The molecule has 0 bridgehead atoms. The normalized spacial score (nSPS) is 12.0. The van der Waals surface area contributed by atoms with E-state index in [0.717, 1.165) is 0 Å². The number of anilines is 2. The maximum atomic E-state index is 6.38. The van der Waals surface area contributed by atoms with Crippen LogP contribution in [0.5, 0.6) is 0 Å². The Morgan fingerprint density at radius 3 is 1.67 bits per heavy atom. The third-order valence-corrected chi connectivity index (χ3v) is 6.33. The van der Waals surface area contributed by atoms with Crippen LogP contribution in [0.1, 0.15) is 20.8 Å². The maximum absolute atomic E-state index is 6.38. The molecule has 0 aromatic heterocycles. The van der Waals surface area contributed by atoms with Gasteiger partial charge in [-0.3, -0.25) is 0 Å². The molecule has 2 rings (SSSR count). The second-order valence-corrected chi connectivity index (χ2v) is 8.36. The standard InChI is InChI=1S/C14H14NO.2C2H5.Al/c1-12(16)15(13-8-4-2-5-9-13)14-10-6-3-7-11-14;2*1-2;/h2-12H,1H3;2*1H2,2H3;/q-1;;;+1. The molecule has 1 unspecified atom stereocenters. The summed E-state index contributed by atoms with van der Waals surface area (Å²) in [6.45, 7) is 6.64. The highest BCUT2D eigenvalue weighted by Gasteiger charge is 2.23. The Morgan fingerprint density at radius 2 is 1.29 bits per heavy atom. The first kappa shape index (κ1) is 16.1. The van der Waals surface area contributed by atoms with Crippen molar-refractivity contribution >= 4 is 25.9 Å². The van der Waals surface area contributed by atoms with Crippen LogP contribution < -0.4 is 4.90 Å². The van der Waals surface area contributed by atoms with Crippen LogP contribution in [0.25, 0.3) is 0 Å². The molecule has 0 spiro atoms. The number of hydrogen-bond donors (Lipinski definition) is 0. The molecule has 2 aromatic rings. The van der Waals surface area contributed by atoms with Gasteiger partial charge in [-0.1, -0.05) is 60.8 Å². The van der Waals surface area contributed by atoms with Crippen molar-refractivity contribution in [1.29, 1.82) is 0 Å². The van der Waals surface area contributed by atoms with E-state index in [1.807, 2.05) is 12.1 Å². The molecule has 0 saturated heterocycles. The van der Waals surface area contributed by atoms with Crippen molar-refractivity contribution in [3.63, 3.8) is 0 Å². The molecule has 0 saturated carbocycles. The fourth-order valence-corrected chi connectivity index (χ4v) is 4.21. The largest absolute Gasteiger partial charge is 0.482 e. The van der Waals surface area contributed by atoms with Gasteiger partial charge < -0.3 is 8.69 Å². The van der Waals surface area contributed by atoms with Crippen molar-refractivity contribution in [3.8, 4) is 0 Å². The second-order valence-electron chi connectivity index (χ2n) is 5.21. The zero-order valence-corrected chi connectivity index (χ0v) is 14.4. The van der Waals surface area contributed by atoms with Crippen LogP contribution in [0, 0.1) is 0 Å². The highest BCUT2D eigenvalue weighted by Crippen LogP contribution is 2.28. The van der Waals surface area contributed by atoms with Gasteiger partial charge in [-0.25, -0.2) is 0 Å². The summed E-state index contributed by atoms with van der Waals surface area (Å²) in [7, 11) is 0. The monoisotopic (exact) mass is 297 g/mol. The average Bonchev–Trinajstić information content (AvgIpc) is 2.55. The van der Waals surface area contributed by atoms with Crippen LogP contribution in [0.15, 0.2) is 60.7 Å². The molecule has 1 atom stereocenters. The summed E-state index contributed by atoms with van der Waals surface area (Å²) in [6.07, 6.45) is 0.0615. The Bertz CT molecular complexity index is 474. The Morgan fingerprint density at radius 1 is 0.857 bits per heavy atom. The second kappa shape index (κ2) is 8.24. The lowest BCUT2D eigenvalue weighted by Crippen LogP contribution is -2.35. The predicted molar refractivity (Wildman–Crippen MR) is 92.3 cm³/mol. The smallest absolute Gasteiger partial charge is 0.461 e. The molecule has 0 amide bonds. The van der Waals surface area contributed by atoms with Gasteiger partial charge in [0.1, 0.15) is 6.23 Å². The van der Waals surface area contributed by atoms with Crippen LogP contribution in [0.2, 0.25) is 10.6 Å². The lowest BCUT2D eigenvalue weighted by molar-refractivity contribution is 0.227. The molecule has 0 aliphatic rings. The van der Waals surface area contributed by atoms with Crippen molar-refractivity contribution in [2.75, 3.05) is 4.90 Å². The van der Waals surface area contributed by atoms with E-state index in [9.17, 15) is 0 Å². The van der Waals surface area contributed by atoms with Gasteiger partial charge in [-0.15, -0.1) is 0 Å². The topological polar surface area (TPSA) is 12.5 Å². The van der Waals surface area contributed by atoms with E-state index in [2.05, 4.69) is 74.2 Å². The fourth-order valence-electron chi connectivity index (χ4n) is 2.57. The molecule has 3 heteroatoms. The minimum absolute atomic E-state index is 0.0615. The van der Waals surface area contributed by atoms with Crippen molar-refractivity contribution in [2.45, 2.75) is 37.6 Å². The van der Waals surface area contributed by atoms with E-state index in [1.54, 1.807) is 0 Å². The quantitative estimate of drug-likeness (QED) is 0.513. The highest BCUT2D eigenvalue weighted by molar-refractivity contribution is 6.51. The van der Waals surface area contributed by atoms with Gasteiger partial charge in [0.2, 0.25) is 0 Å². The Balaban J connectivity index is 2.28. The number of benzene rings is 2. The minimum atomic E-state index is -1.09. The first-order valence-electron chi connectivity index (χ1n) is 7.81. The van der Waals surface area contributed by atoms with Gasteiger partial charge in [-0.2, -0.15) is 0 Å². The molecule has 0 aliphatic heterocycles. The molecule has 0 radical (unpaired) electrons. The molecule has 0 aliphatic carbocycles. The van der Waals surface area contributed by atoms with E-state index in [1.165, 1.54) is 21.9 Å². The van der Waals surface area contributed by atoms with E-state index in [-0.39, 0.29) is 6.23 Å². The van der Waals surface area contributed by atoms with Gasteiger partial charge in [0.05, 0.1) is 0 Å². The Hall–Kier alpha value is -1.27. The molecule has 2 aromatic carbocycles. The summed E-state index contributed by atoms with van der Waals surface area (Å²) in [5.74, 6) is 0. The molecule has 2 nitrogen and oxygen atoms in total. The van der Waals surface area contributed by atoms with Crippen molar-refractivity contribution < 1.29 is 3.79 Å². The first-order chi connectivity index (χ1) is 10.3. The maximum Gasteiger partial charge on any atom is 0.461 e. The lowest BCUT2D eigenvalue weighted by Gasteiger charge is -2.33. The van der Waals surface area contributed by atoms with Gasteiger partial charge in [0.15, 0.2) is 0 Å². The molecule has 0 fully saturated rings. The van der Waals surface area contributed by atoms with E-state index >= 15 is 0 Å². The Labute approximate surface area is 133 Å². The fraction of sp³-hybridized carbons (Fsp3) is 0.333. The summed E-state index contributed by atoms with van der Waals surface area (Å²) in [5.41, 5.74) is 2.35. The van der Waals surface area contributed by atoms with E-state index in [4.69, 9.17) is 3.79 Å². The van der Waals surface area contributed by atoms with Crippen molar-refractivity contribution in [2.24, 2.45) is 0 Å². The minimum Gasteiger partial charge on any atom is -0.482 e. The Kier molecular flexibility index (Phi) is 6.32. The third kappa shape index (κ3) is 4.35. The van der Waals surface area contributed by atoms with Crippen LogP contribution in [0.3, 0.4) is 0 Å².